The minimum atomic E-state index is -0.295. The van der Waals surface area contributed by atoms with Crippen LogP contribution in [0.15, 0.2) is 24.3 Å². The van der Waals surface area contributed by atoms with Crippen LogP contribution >= 0.6 is 0 Å². The van der Waals surface area contributed by atoms with Crippen LogP contribution in [0.3, 0.4) is 0 Å². The number of nitrogens with zero attached hydrogens (tertiary/aromatic N) is 1. The number of likely N-dealkylation sites (tertiary alicyclic amines) is 1. The van der Waals surface area contributed by atoms with E-state index in [2.05, 4.69) is 5.32 Å². The number of para-hydroxylation sites is 1. The molecule has 5 heteroatoms. The van der Waals surface area contributed by atoms with Gasteiger partial charge in [-0.2, -0.15) is 0 Å². The summed E-state index contributed by atoms with van der Waals surface area (Å²) >= 11 is 0. The molecule has 3 N–H and O–H groups in total. The SMILES string of the molecule is NCC(=O)Nc1ccccc1C(=O)N1CCCC1. The first kappa shape index (κ1) is 12.6. The smallest absolute Gasteiger partial charge is 0.255 e. The molecular weight excluding hydrogens is 230 g/mol. The average molecular weight is 247 g/mol. The minimum Gasteiger partial charge on any atom is -0.339 e. The fraction of sp³-hybridized carbons (Fsp3) is 0.385. The van der Waals surface area contributed by atoms with Gasteiger partial charge in [0.05, 0.1) is 17.8 Å². The Morgan fingerprint density at radius 3 is 2.56 bits per heavy atom. The normalized spacial score (nSPS) is 14.6. The maximum absolute atomic E-state index is 12.3. The Morgan fingerprint density at radius 2 is 1.89 bits per heavy atom. The third kappa shape index (κ3) is 2.68. The Hall–Kier alpha value is -1.88. The summed E-state index contributed by atoms with van der Waals surface area (Å²) in [4.78, 5) is 25.4. The zero-order valence-electron chi connectivity index (χ0n) is 10.2. The van der Waals surface area contributed by atoms with Gasteiger partial charge < -0.3 is 16.0 Å². The van der Waals surface area contributed by atoms with Crippen molar-refractivity contribution in [3.05, 3.63) is 29.8 Å². The second-order valence-corrected chi connectivity index (χ2v) is 4.30. The number of nitrogens with two attached hydrogens (primary N) is 1. The van der Waals surface area contributed by atoms with Gasteiger partial charge >= 0.3 is 0 Å². The number of hydrogen-bond acceptors (Lipinski definition) is 3. The highest BCUT2D eigenvalue weighted by Gasteiger charge is 2.21. The molecule has 1 saturated heterocycles. The van der Waals surface area contributed by atoms with Crippen LogP contribution in [-0.4, -0.2) is 36.3 Å². The van der Waals surface area contributed by atoms with E-state index < -0.39 is 0 Å². The highest BCUT2D eigenvalue weighted by molar-refractivity contribution is 6.04. The number of carbonyl (C=O) groups excluding carboxylic acids is 2. The Morgan fingerprint density at radius 1 is 1.22 bits per heavy atom. The fourth-order valence-electron chi connectivity index (χ4n) is 2.07. The number of amides is 2. The summed E-state index contributed by atoms with van der Waals surface area (Å²) in [7, 11) is 0. The summed E-state index contributed by atoms with van der Waals surface area (Å²) in [5.41, 5.74) is 6.32. The number of benzene rings is 1. The molecule has 1 heterocycles. The van der Waals surface area contributed by atoms with Crippen LogP contribution in [-0.2, 0) is 4.79 Å². The molecule has 18 heavy (non-hydrogen) atoms. The van der Waals surface area contributed by atoms with Gasteiger partial charge in [0, 0.05) is 13.1 Å². The molecule has 0 aromatic heterocycles. The van der Waals surface area contributed by atoms with Crippen molar-refractivity contribution in [3.8, 4) is 0 Å². The molecule has 0 bridgehead atoms. The van der Waals surface area contributed by atoms with Gasteiger partial charge in [-0.25, -0.2) is 0 Å². The van der Waals surface area contributed by atoms with Crippen molar-refractivity contribution in [2.45, 2.75) is 12.8 Å². The average Bonchev–Trinajstić information content (AvgIpc) is 2.92. The van der Waals surface area contributed by atoms with Gasteiger partial charge in [0.1, 0.15) is 0 Å². The highest BCUT2D eigenvalue weighted by atomic mass is 16.2. The Bertz CT molecular complexity index is 453. The summed E-state index contributed by atoms with van der Waals surface area (Å²) in [6.45, 7) is 1.49. The summed E-state index contributed by atoms with van der Waals surface area (Å²) in [5, 5.41) is 2.65. The maximum Gasteiger partial charge on any atom is 0.255 e. The lowest BCUT2D eigenvalue weighted by atomic mass is 10.1. The molecule has 5 nitrogen and oxygen atoms in total. The van der Waals surface area contributed by atoms with Crippen LogP contribution in [0.1, 0.15) is 23.2 Å². The molecule has 1 aliphatic rings. The topological polar surface area (TPSA) is 75.4 Å². The Kier molecular flexibility index (Phi) is 3.94. The number of hydrogen-bond donors (Lipinski definition) is 2. The zero-order valence-corrected chi connectivity index (χ0v) is 10.2. The predicted octanol–water partition coefficient (Wildman–Crippen LogP) is 0.820. The first-order chi connectivity index (χ1) is 8.72. The second kappa shape index (κ2) is 5.64. The van der Waals surface area contributed by atoms with E-state index in [1.807, 2.05) is 4.90 Å². The lowest BCUT2D eigenvalue weighted by molar-refractivity contribution is -0.114. The number of carbonyl (C=O) groups is 2. The molecule has 96 valence electrons. The fourth-order valence-corrected chi connectivity index (χ4v) is 2.07. The van der Waals surface area contributed by atoms with Crippen molar-refractivity contribution < 1.29 is 9.59 Å². The van der Waals surface area contributed by atoms with E-state index >= 15 is 0 Å². The van der Waals surface area contributed by atoms with E-state index in [0.29, 0.717) is 11.3 Å². The molecule has 2 rings (SSSR count). The largest absolute Gasteiger partial charge is 0.339 e. The van der Waals surface area contributed by atoms with Gasteiger partial charge in [0.25, 0.3) is 5.91 Å². The van der Waals surface area contributed by atoms with Crippen LogP contribution in [0.4, 0.5) is 5.69 Å². The van der Waals surface area contributed by atoms with Crippen molar-refractivity contribution in [3.63, 3.8) is 0 Å². The number of nitrogens with one attached hydrogen (secondary N) is 1. The molecule has 1 aromatic rings. The lowest BCUT2D eigenvalue weighted by Crippen LogP contribution is -2.29. The lowest BCUT2D eigenvalue weighted by Gasteiger charge is -2.17. The van der Waals surface area contributed by atoms with Crippen LogP contribution in [0.5, 0.6) is 0 Å². The summed E-state index contributed by atoms with van der Waals surface area (Å²) < 4.78 is 0. The zero-order chi connectivity index (χ0) is 13.0. The molecule has 0 unspecified atom stereocenters. The summed E-state index contributed by atoms with van der Waals surface area (Å²) in [6, 6.07) is 7.03. The second-order valence-electron chi connectivity index (χ2n) is 4.30. The standard InChI is InChI=1S/C13H17N3O2/c14-9-12(17)15-11-6-2-1-5-10(11)13(18)16-7-3-4-8-16/h1-2,5-6H,3-4,7-9,14H2,(H,15,17). The monoisotopic (exact) mass is 247 g/mol. The number of rotatable bonds is 3. The van der Waals surface area contributed by atoms with Gasteiger partial charge in [-0.1, -0.05) is 12.1 Å². The molecule has 2 amide bonds. The maximum atomic E-state index is 12.3. The number of anilines is 1. The Labute approximate surface area is 106 Å². The molecule has 0 atom stereocenters. The highest BCUT2D eigenvalue weighted by Crippen LogP contribution is 2.19. The van der Waals surface area contributed by atoms with Crippen molar-refractivity contribution in [2.75, 3.05) is 25.0 Å². The first-order valence-electron chi connectivity index (χ1n) is 6.10. The molecule has 0 radical (unpaired) electrons. The predicted molar refractivity (Wildman–Crippen MR) is 69.3 cm³/mol. The van der Waals surface area contributed by atoms with E-state index in [9.17, 15) is 9.59 Å². The van der Waals surface area contributed by atoms with Gasteiger partial charge in [-0.3, -0.25) is 9.59 Å². The Balaban J connectivity index is 2.20. The molecule has 0 spiro atoms. The van der Waals surface area contributed by atoms with E-state index in [1.54, 1.807) is 24.3 Å². The van der Waals surface area contributed by atoms with Crippen LogP contribution < -0.4 is 11.1 Å². The van der Waals surface area contributed by atoms with Crippen LogP contribution in [0.2, 0.25) is 0 Å². The molecule has 0 aliphatic carbocycles. The van der Waals surface area contributed by atoms with Crippen molar-refractivity contribution in [1.29, 1.82) is 0 Å². The molecule has 1 aromatic carbocycles. The van der Waals surface area contributed by atoms with Crippen molar-refractivity contribution in [2.24, 2.45) is 5.73 Å². The summed E-state index contributed by atoms with van der Waals surface area (Å²) in [5.74, 6) is -0.322. The first-order valence-corrected chi connectivity index (χ1v) is 6.10. The van der Waals surface area contributed by atoms with Gasteiger partial charge in [0.15, 0.2) is 0 Å². The molecule has 1 fully saturated rings. The molecular formula is C13H17N3O2. The van der Waals surface area contributed by atoms with Crippen LogP contribution in [0, 0.1) is 0 Å². The van der Waals surface area contributed by atoms with E-state index in [0.717, 1.165) is 25.9 Å². The third-order valence-electron chi connectivity index (χ3n) is 3.01. The van der Waals surface area contributed by atoms with Crippen molar-refractivity contribution in [1.82, 2.24) is 4.90 Å². The van der Waals surface area contributed by atoms with E-state index in [4.69, 9.17) is 5.73 Å². The van der Waals surface area contributed by atoms with Gasteiger partial charge in [0.2, 0.25) is 5.91 Å². The molecule has 0 saturated carbocycles. The van der Waals surface area contributed by atoms with Crippen molar-refractivity contribution >= 4 is 17.5 Å². The molecule has 1 aliphatic heterocycles. The third-order valence-corrected chi connectivity index (χ3v) is 3.01. The van der Waals surface area contributed by atoms with Crippen LogP contribution in [0.25, 0.3) is 0 Å². The van der Waals surface area contributed by atoms with E-state index in [1.165, 1.54) is 0 Å². The minimum absolute atomic E-state index is 0.0274. The summed E-state index contributed by atoms with van der Waals surface area (Å²) in [6.07, 6.45) is 2.09. The van der Waals surface area contributed by atoms with E-state index in [-0.39, 0.29) is 18.4 Å². The quantitative estimate of drug-likeness (QED) is 0.830. The van der Waals surface area contributed by atoms with Gasteiger partial charge in [-0.15, -0.1) is 0 Å². The van der Waals surface area contributed by atoms with Gasteiger partial charge in [-0.05, 0) is 25.0 Å².